The number of hydrogen-bond acceptors (Lipinski definition) is 5. The SMILES string of the molecule is O=C(CC1Sc2ccc(C(F)(F)F)cc2NC1=O)Nc1ccc(N2CCOCC2)cc1. The summed E-state index contributed by atoms with van der Waals surface area (Å²) in [6.07, 6.45) is -4.58. The summed E-state index contributed by atoms with van der Waals surface area (Å²) in [4.78, 5) is 27.4. The Bertz CT molecular complexity index is 976. The molecule has 1 saturated heterocycles. The molecular formula is C21H20F3N3O3S. The second kappa shape index (κ2) is 8.80. The molecule has 2 N–H and O–H groups in total. The van der Waals surface area contributed by atoms with Crippen LogP contribution in [0.3, 0.4) is 0 Å². The first-order valence-electron chi connectivity index (χ1n) is 9.71. The molecule has 0 aromatic heterocycles. The second-order valence-electron chi connectivity index (χ2n) is 7.20. The zero-order valence-electron chi connectivity index (χ0n) is 16.4. The number of nitrogens with one attached hydrogen (secondary N) is 2. The Morgan fingerprint density at radius 2 is 1.87 bits per heavy atom. The molecule has 1 fully saturated rings. The fraction of sp³-hybridized carbons (Fsp3) is 0.333. The van der Waals surface area contributed by atoms with E-state index in [0.717, 1.165) is 42.7 Å². The van der Waals surface area contributed by atoms with Gasteiger partial charge in [0.25, 0.3) is 0 Å². The number of fused-ring (bicyclic) bond motifs is 1. The maximum atomic E-state index is 12.9. The Morgan fingerprint density at radius 1 is 1.16 bits per heavy atom. The normalized spacial score (nSPS) is 18.9. The average Bonchev–Trinajstić information content (AvgIpc) is 2.74. The summed E-state index contributed by atoms with van der Waals surface area (Å²) in [7, 11) is 0. The largest absolute Gasteiger partial charge is 0.416 e. The minimum atomic E-state index is -4.49. The predicted octanol–water partition coefficient (Wildman–Crippen LogP) is 3.98. The minimum absolute atomic E-state index is 0.0951. The van der Waals surface area contributed by atoms with Gasteiger partial charge in [-0.2, -0.15) is 13.2 Å². The molecule has 2 aliphatic heterocycles. The number of amides is 2. The molecule has 0 saturated carbocycles. The van der Waals surface area contributed by atoms with Crippen molar-refractivity contribution < 1.29 is 27.5 Å². The van der Waals surface area contributed by atoms with E-state index in [1.807, 2.05) is 12.1 Å². The van der Waals surface area contributed by atoms with Crippen molar-refractivity contribution in [2.24, 2.45) is 0 Å². The minimum Gasteiger partial charge on any atom is -0.378 e. The number of rotatable bonds is 4. The lowest BCUT2D eigenvalue weighted by Gasteiger charge is -2.29. The van der Waals surface area contributed by atoms with Crippen molar-refractivity contribution in [1.29, 1.82) is 0 Å². The predicted molar refractivity (Wildman–Crippen MR) is 112 cm³/mol. The van der Waals surface area contributed by atoms with Gasteiger partial charge in [0.1, 0.15) is 0 Å². The number of halogens is 3. The zero-order chi connectivity index (χ0) is 22.0. The quantitative estimate of drug-likeness (QED) is 0.736. The van der Waals surface area contributed by atoms with Crippen LogP contribution in [-0.4, -0.2) is 43.4 Å². The molecule has 0 spiro atoms. The molecule has 2 aliphatic rings. The summed E-state index contributed by atoms with van der Waals surface area (Å²) < 4.78 is 43.9. The van der Waals surface area contributed by atoms with Crippen LogP contribution in [0.25, 0.3) is 0 Å². The summed E-state index contributed by atoms with van der Waals surface area (Å²) >= 11 is 1.09. The average molecular weight is 451 g/mol. The third kappa shape index (κ3) is 5.13. The van der Waals surface area contributed by atoms with E-state index in [2.05, 4.69) is 15.5 Å². The van der Waals surface area contributed by atoms with Crippen molar-refractivity contribution in [3.63, 3.8) is 0 Å². The lowest BCUT2D eigenvalue weighted by Crippen LogP contribution is -2.36. The third-order valence-corrected chi connectivity index (χ3v) is 6.30. The third-order valence-electron chi connectivity index (χ3n) is 5.02. The molecule has 0 aliphatic carbocycles. The highest BCUT2D eigenvalue weighted by molar-refractivity contribution is 8.01. The number of anilines is 3. The highest BCUT2D eigenvalue weighted by Gasteiger charge is 2.34. The molecule has 1 atom stereocenters. The van der Waals surface area contributed by atoms with Crippen molar-refractivity contribution >= 4 is 40.6 Å². The van der Waals surface area contributed by atoms with Crippen LogP contribution in [0.1, 0.15) is 12.0 Å². The van der Waals surface area contributed by atoms with E-state index in [9.17, 15) is 22.8 Å². The molecule has 164 valence electrons. The number of thioether (sulfide) groups is 1. The van der Waals surface area contributed by atoms with Crippen LogP contribution in [0.15, 0.2) is 47.4 Å². The first kappa shape index (κ1) is 21.5. The number of benzene rings is 2. The Hall–Kier alpha value is -2.72. The molecule has 31 heavy (non-hydrogen) atoms. The van der Waals surface area contributed by atoms with Crippen molar-refractivity contribution in [2.75, 3.05) is 41.8 Å². The van der Waals surface area contributed by atoms with Crippen molar-refractivity contribution in [2.45, 2.75) is 22.7 Å². The van der Waals surface area contributed by atoms with Gasteiger partial charge in [0.15, 0.2) is 0 Å². The molecule has 2 aromatic rings. The highest BCUT2D eigenvalue weighted by Crippen LogP contribution is 2.40. The van der Waals surface area contributed by atoms with Gasteiger partial charge in [-0.25, -0.2) is 0 Å². The van der Waals surface area contributed by atoms with Crippen molar-refractivity contribution in [3.8, 4) is 0 Å². The Labute approximate surface area is 181 Å². The maximum Gasteiger partial charge on any atom is 0.416 e. The number of ether oxygens (including phenoxy) is 1. The van der Waals surface area contributed by atoms with Crippen LogP contribution in [0, 0.1) is 0 Å². The van der Waals surface area contributed by atoms with Crippen LogP contribution in [0.2, 0.25) is 0 Å². The van der Waals surface area contributed by atoms with E-state index >= 15 is 0 Å². The summed E-state index contributed by atoms with van der Waals surface area (Å²) in [6.45, 7) is 2.98. The Balaban J connectivity index is 1.36. The Morgan fingerprint density at radius 3 is 2.55 bits per heavy atom. The number of nitrogens with zero attached hydrogens (tertiary/aromatic N) is 1. The molecule has 2 heterocycles. The molecule has 6 nitrogen and oxygen atoms in total. The van der Waals surface area contributed by atoms with E-state index in [1.165, 1.54) is 6.07 Å². The number of hydrogen-bond donors (Lipinski definition) is 2. The van der Waals surface area contributed by atoms with Crippen LogP contribution >= 0.6 is 11.8 Å². The van der Waals surface area contributed by atoms with Crippen molar-refractivity contribution in [3.05, 3.63) is 48.0 Å². The number of carbonyl (C=O) groups excluding carboxylic acids is 2. The van der Waals surface area contributed by atoms with Crippen LogP contribution in [0.5, 0.6) is 0 Å². The van der Waals surface area contributed by atoms with Crippen LogP contribution in [0.4, 0.5) is 30.2 Å². The zero-order valence-corrected chi connectivity index (χ0v) is 17.2. The first-order chi connectivity index (χ1) is 14.8. The van der Waals surface area contributed by atoms with Crippen LogP contribution < -0.4 is 15.5 Å². The van der Waals surface area contributed by atoms with Gasteiger partial charge in [0.2, 0.25) is 11.8 Å². The first-order valence-corrected chi connectivity index (χ1v) is 10.6. The number of morpholine rings is 1. The van der Waals surface area contributed by atoms with Crippen molar-refractivity contribution in [1.82, 2.24) is 0 Å². The van der Waals surface area contributed by atoms with Gasteiger partial charge in [-0.1, -0.05) is 0 Å². The summed E-state index contributed by atoms with van der Waals surface area (Å²) in [6, 6.07) is 10.6. The van der Waals surface area contributed by atoms with Gasteiger partial charge < -0.3 is 20.3 Å². The van der Waals surface area contributed by atoms with E-state index in [0.29, 0.717) is 23.8 Å². The fourth-order valence-electron chi connectivity index (χ4n) is 3.42. The Kier molecular flexibility index (Phi) is 6.10. The van der Waals surface area contributed by atoms with Gasteiger partial charge in [-0.15, -0.1) is 11.8 Å². The van der Waals surface area contributed by atoms with Gasteiger partial charge in [0.05, 0.1) is 29.7 Å². The molecule has 10 heteroatoms. The lowest BCUT2D eigenvalue weighted by atomic mass is 10.1. The van der Waals surface area contributed by atoms with Gasteiger partial charge in [-0.3, -0.25) is 9.59 Å². The molecule has 0 bridgehead atoms. The fourth-order valence-corrected chi connectivity index (χ4v) is 4.51. The van der Waals surface area contributed by atoms with E-state index in [1.54, 1.807) is 12.1 Å². The topological polar surface area (TPSA) is 70.7 Å². The molecule has 2 aromatic carbocycles. The summed E-state index contributed by atoms with van der Waals surface area (Å²) in [5.74, 6) is -0.836. The van der Waals surface area contributed by atoms with E-state index < -0.39 is 22.9 Å². The molecule has 2 amide bonds. The monoisotopic (exact) mass is 451 g/mol. The molecule has 1 unspecified atom stereocenters. The molecular weight excluding hydrogens is 431 g/mol. The summed E-state index contributed by atoms with van der Waals surface area (Å²) in [5.41, 5.74) is 0.931. The summed E-state index contributed by atoms with van der Waals surface area (Å²) in [5, 5.41) is 4.52. The van der Waals surface area contributed by atoms with Gasteiger partial charge >= 0.3 is 6.18 Å². The van der Waals surface area contributed by atoms with Crippen LogP contribution in [-0.2, 0) is 20.5 Å². The highest BCUT2D eigenvalue weighted by atomic mass is 32.2. The van der Waals surface area contributed by atoms with E-state index in [-0.39, 0.29) is 18.0 Å². The lowest BCUT2D eigenvalue weighted by molar-refractivity contribution is -0.137. The standard InChI is InChI=1S/C21H20F3N3O3S/c22-21(23,24)13-1-6-17-16(11-13)26-20(29)18(31-17)12-19(28)25-14-2-4-15(5-3-14)27-7-9-30-10-8-27/h1-6,11,18H,7-10,12H2,(H,25,28)(H,26,29). The van der Waals surface area contributed by atoms with Gasteiger partial charge in [-0.05, 0) is 42.5 Å². The number of carbonyl (C=O) groups is 2. The van der Waals surface area contributed by atoms with Gasteiger partial charge in [0, 0.05) is 35.8 Å². The molecule has 4 rings (SSSR count). The molecule has 0 radical (unpaired) electrons. The number of alkyl halides is 3. The maximum absolute atomic E-state index is 12.9. The van der Waals surface area contributed by atoms with E-state index in [4.69, 9.17) is 4.74 Å². The smallest absolute Gasteiger partial charge is 0.378 e. The second-order valence-corrected chi connectivity index (χ2v) is 8.45.